The Balaban J connectivity index is 2.09. The summed E-state index contributed by atoms with van der Waals surface area (Å²) >= 11 is 0. The van der Waals surface area contributed by atoms with Crippen LogP contribution in [0.25, 0.3) is 0 Å². The zero-order valence-electron chi connectivity index (χ0n) is 7.03. The van der Waals surface area contributed by atoms with Crippen LogP contribution in [0, 0.1) is 12.3 Å². The molecule has 1 aliphatic carbocycles. The second-order valence-corrected chi connectivity index (χ2v) is 3.30. The van der Waals surface area contributed by atoms with Crippen molar-refractivity contribution < 1.29 is 9.47 Å². The Labute approximate surface area is 72.9 Å². The van der Waals surface area contributed by atoms with Gasteiger partial charge in [-0.05, 0) is 13.3 Å². The molecule has 1 saturated heterocycles. The van der Waals surface area contributed by atoms with Crippen LogP contribution in [-0.4, -0.2) is 19.5 Å². The second-order valence-electron chi connectivity index (χ2n) is 3.30. The van der Waals surface area contributed by atoms with Crippen LogP contribution in [0.1, 0.15) is 6.42 Å². The summed E-state index contributed by atoms with van der Waals surface area (Å²) in [5.74, 6) is 0. The third-order valence-electron chi connectivity index (χ3n) is 2.26. The van der Waals surface area contributed by atoms with Crippen molar-refractivity contribution in [2.24, 2.45) is 5.41 Å². The van der Waals surface area contributed by atoms with Crippen molar-refractivity contribution in [2.75, 3.05) is 13.2 Å². The van der Waals surface area contributed by atoms with E-state index >= 15 is 0 Å². The Morgan fingerprint density at radius 1 is 1.25 bits per heavy atom. The lowest BCUT2D eigenvalue weighted by Crippen LogP contribution is -2.31. The molecule has 0 saturated carbocycles. The average molecular weight is 165 g/mol. The van der Waals surface area contributed by atoms with Crippen LogP contribution in [0.4, 0.5) is 0 Å². The van der Waals surface area contributed by atoms with Crippen molar-refractivity contribution in [3.05, 3.63) is 31.2 Å². The van der Waals surface area contributed by atoms with Crippen molar-refractivity contribution in [1.29, 1.82) is 0 Å². The van der Waals surface area contributed by atoms with Gasteiger partial charge in [0.25, 0.3) is 0 Å². The van der Waals surface area contributed by atoms with Crippen LogP contribution in [0.2, 0.25) is 0 Å². The van der Waals surface area contributed by atoms with Gasteiger partial charge in [-0.15, -0.1) is 0 Å². The SMILES string of the molecule is [CH2]C1(C2OCCO2)C=CC=CC1. The average Bonchev–Trinajstić information content (AvgIpc) is 2.58. The fraction of sp³-hybridized carbons (Fsp3) is 0.500. The van der Waals surface area contributed by atoms with E-state index in [0.717, 1.165) is 6.42 Å². The van der Waals surface area contributed by atoms with Crippen LogP contribution >= 0.6 is 0 Å². The Kier molecular flexibility index (Phi) is 2.03. The van der Waals surface area contributed by atoms with Gasteiger partial charge in [-0.25, -0.2) is 0 Å². The van der Waals surface area contributed by atoms with Crippen molar-refractivity contribution in [3.8, 4) is 0 Å². The van der Waals surface area contributed by atoms with E-state index in [-0.39, 0.29) is 11.7 Å². The van der Waals surface area contributed by atoms with Crippen LogP contribution in [-0.2, 0) is 9.47 Å². The molecule has 0 N–H and O–H groups in total. The fourth-order valence-corrected chi connectivity index (χ4v) is 1.55. The molecule has 0 aromatic carbocycles. The molecule has 1 atom stereocenters. The Morgan fingerprint density at radius 3 is 2.58 bits per heavy atom. The first-order valence-corrected chi connectivity index (χ1v) is 4.24. The lowest BCUT2D eigenvalue weighted by molar-refractivity contribution is -0.0972. The van der Waals surface area contributed by atoms with E-state index in [9.17, 15) is 0 Å². The molecule has 0 spiro atoms. The molecule has 12 heavy (non-hydrogen) atoms. The van der Waals surface area contributed by atoms with Gasteiger partial charge >= 0.3 is 0 Å². The first kappa shape index (κ1) is 8.02. The summed E-state index contributed by atoms with van der Waals surface area (Å²) in [6.07, 6.45) is 8.92. The summed E-state index contributed by atoms with van der Waals surface area (Å²) in [6.45, 7) is 5.51. The largest absolute Gasteiger partial charge is 0.349 e. The van der Waals surface area contributed by atoms with E-state index in [0.29, 0.717) is 13.2 Å². The summed E-state index contributed by atoms with van der Waals surface area (Å²) < 4.78 is 10.9. The van der Waals surface area contributed by atoms with Crippen LogP contribution in [0.5, 0.6) is 0 Å². The molecule has 2 rings (SSSR count). The summed E-state index contributed by atoms with van der Waals surface area (Å²) in [5, 5.41) is 0. The van der Waals surface area contributed by atoms with Gasteiger partial charge in [0.15, 0.2) is 6.29 Å². The number of rotatable bonds is 1. The number of allylic oxidation sites excluding steroid dienone is 3. The minimum atomic E-state index is -0.203. The molecule has 1 radical (unpaired) electrons. The van der Waals surface area contributed by atoms with Crippen LogP contribution in [0.15, 0.2) is 24.3 Å². The van der Waals surface area contributed by atoms with E-state index in [4.69, 9.17) is 9.47 Å². The third-order valence-corrected chi connectivity index (χ3v) is 2.26. The van der Waals surface area contributed by atoms with E-state index < -0.39 is 0 Å². The second kappa shape index (κ2) is 3.04. The van der Waals surface area contributed by atoms with Gasteiger partial charge in [-0.3, -0.25) is 0 Å². The molecule has 65 valence electrons. The van der Waals surface area contributed by atoms with Crippen molar-refractivity contribution >= 4 is 0 Å². The van der Waals surface area contributed by atoms with E-state index in [1.54, 1.807) is 0 Å². The van der Waals surface area contributed by atoms with Crippen LogP contribution in [0.3, 0.4) is 0 Å². The number of hydrogen-bond donors (Lipinski definition) is 0. The summed E-state index contributed by atoms with van der Waals surface area (Å²) in [6, 6.07) is 0. The van der Waals surface area contributed by atoms with Gasteiger partial charge in [0.2, 0.25) is 0 Å². The highest BCUT2D eigenvalue weighted by molar-refractivity contribution is 5.19. The molecule has 2 heteroatoms. The molecule has 0 aromatic heterocycles. The maximum atomic E-state index is 5.43. The minimum absolute atomic E-state index is 0.154. The standard InChI is InChI=1S/C10H13O2/c1-10(5-3-2-4-6-10)9-11-7-8-12-9/h2-5,9H,1,6-8H2. The highest BCUT2D eigenvalue weighted by Crippen LogP contribution is 2.34. The summed E-state index contributed by atoms with van der Waals surface area (Å²) in [5.41, 5.74) is -0.203. The Morgan fingerprint density at radius 2 is 2.00 bits per heavy atom. The minimum Gasteiger partial charge on any atom is -0.349 e. The quantitative estimate of drug-likeness (QED) is 0.588. The number of hydrogen-bond acceptors (Lipinski definition) is 2. The van der Waals surface area contributed by atoms with Gasteiger partial charge in [0, 0.05) is 5.41 Å². The van der Waals surface area contributed by atoms with Crippen molar-refractivity contribution in [2.45, 2.75) is 12.7 Å². The number of ether oxygens (including phenoxy) is 2. The lowest BCUT2D eigenvalue weighted by Gasteiger charge is -2.30. The lowest BCUT2D eigenvalue weighted by atomic mass is 9.83. The van der Waals surface area contributed by atoms with Gasteiger partial charge in [0.05, 0.1) is 13.2 Å². The van der Waals surface area contributed by atoms with Crippen LogP contribution < -0.4 is 0 Å². The molecule has 0 bridgehead atoms. The fourth-order valence-electron chi connectivity index (χ4n) is 1.55. The van der Waals surface area contributed by atoms with E-state index in [1.807, 2.05) is 12.2 Å². The third kappa shape index (κ3) is 1.32. The summed E-state index contributed by atoms with van der Waals surface area (Å²) in [4.78, 5) is 0. The Hall–Kier alpha value is -0.600. The molecule has 1 aliphatic heterocycles. The van der Waals surface area contributed by atoms with Gasteiger partial charge in [-0.2, -0.15) is 0 Å². The molecule has 0 aromatic rings. The van der Waals surface area contributed by atoms with E-state index in [1.165, 1.54) is 0 Å². The zero-order valence-corrected chi connectivity index (χ0v) is 7.03. The molecular formula is C10H13O2. The predicted molar refractivity (Wildman–Crippen MR) is 46.4 cm³/mol. The van der Waals surface area contributed by atoms with Crippen molar-refractivity contribution in [3.63, 3.8) is 0 Å². The molecule has 2 nitrogen and oxygen atoms in total. The molecule has 1 heterocycles. The smallest absolute Gasteiger partial charge is 0.167 e. The van der Waals surface area contributed by atoms with Gasteiger partial charge in [-0.1, -0.05) is 24.3 Å². The molecule has 1 fully saturated rings. The highest BCUT2D eigenvalue weighted by Gasteiger charge is 2.36. The Bertz CT molecular complexity index is 214. The normalized spacial score (nSPS) is 36.1. The van der Waals surface area contributed by atoms with Gasteiger partial charge in [0.1, 0.15) is 0 Å². The predicted octanol–water partition coefficient (Wildman–Crippen LogP) is 1.70. The molecule has 2 aliphatic rings. The van der Waals surface area contributed by atoms with E-state index in [2.05, 4.69) is 19.1 Å². The van der Waals surface area contributed by atoms with Gasteiger partial charge < -0.3 is 9.47 Å². The first-order chi connectivity index (χ1) is 5.81. The molecular weight excluding hydrogens is 152 g/mol. The topological polar surface area (TPSA) is 18.5 Å². The maximum Gasteiger partial charge on any atom is 0.167 e. The highest BCUT2D eigenvalue weighted by atomic mass is 16.7. The molecule has 1 unspecified atom stereocenters. The zero-order chi connectivity index (χ0) is 8.44. The molecule has 0 amide bonds. The summed E-state index contributed by atoms with van der Waals surface area (Å²) in [7, 11) is 0. The monoisotopic (exact) mass is 165 g/mol. The van der Waals surface area contributed by atoms with Crippen molar-refractivity contribution in [1.82, 2.24) is 0 Å². The maximum absolute atomic E-state index is 5.43. The first-order valence-electron chi connectivity index (χ1n) is 4.24.